The van der Waals surface area contributed by atoms with Crippen molar-refractivity contribution in [3.63, 3.8) is 0 Å². The number of carbonyl (C=O) groups is 2. The number of halogens is 3. The van der Waals surface area contributed by atoms with Crippen molar-refractivity contribution in [3.8, 4) is 24.7 Å². The van der Waals surface area contributed by atoms with Crippen LogP contribution in [0.15, 0.2) is 109 Å². The number of nitrogens with two attached hydrogens (primary N) is 1. The number of anilines is 1. The summed E-state index contributed by atoms with van der Waals surface area (Å²) in [6.45, 7) is 4.07. The van der Waals surface area contributed by atoms with Gasteiger partial charge in [0.15, 0.2) is 0 Å². The van der Waals surface area contributed by atoms with Gasteiger partial charge in [-0.2, -0.15) is 0 Å². The molecule has 10 atom stereocenters. The monoisotopic (exact) mass is 887 g/mol. The molecular formula is C57H56ClF2N3O2. The molecule has 5 nitrogen and oxygen atoms in total. The standard InChI is InChI=1S/C29H28FNO.C20H21ClFNO.C8H7N/c1-3-19-4-6-20(7-5-19)12-29(32)18(2)21-13-22-15-24(16-23(22)14-21)26-10-11-31-28-9-8-25(30)17-27(26)28;1-11(20(21)24)12-6-13-8-15(9-14(13)7-12)17-4-5-23-19-3-2-16(22)10-18(17)19;1-2-7-3-5-8(9)6-4-7/h1,4-11,17-18,21-24H,12-16H2,2H3;2-5,10-15H,6-9H2,1H3;1,3-6H,9H2/t18?,21?,22-,23+,24?;11?,12?,13-,14+,15?;. The Balaban J connectivity index is 0.000000153. The maximum Gasteiger partial charge on any atom is 0.224 e. The lowest BCUT2D eigenvalue weighted by Gasteiger charge is -2.21. The quantitative estimate of drug-likeness (QED) is 0.0935. The van der Waals surface area contributed by atoms with E-state index in [9.17, 15) is 18.4 Å². The first-order chi connectivity index (χ1) is 31.4. The molecule has 4 aliphatic carbocycles. The predicted molar refractivity (Wildman–Crippen MR) is 258 cm³/mol. The molecule has 2 heterocycles. The van der Waals surface area contributed by atoms with Crippen LogP contribution in [0, 0.1) is 83.7 Å². The van der Waals surface area contributed by atoms with E-state index in [1.54, 1.807) is 36.4 Å². The van der Waals surface area contributed by atoms with Gasteiger partial charge in [-0.15, -0.1) is 12.8 Å². The van der Waals surface area contributed by atoms with Crippen molar-refractivity contribution in [1.29, 1.82) is 0 Å². The van der Waals surface area contributed by atoms with Crippen LogP contribution < -0.4 is 5.73 Å². The molecule has 2 aromatic heterocycles. The molecule has 0 saturated heterocycles. The van der Waals surface area contributed by atoms with Gasteiger partial charge in [-0.25, -0.2) is 8.78 Å². The highest BCUT2D eigenvalue weighted by Crippen LogP contribution is 2.56. The summed E-state index contributed by atoms with van der Waals surface area (Å²) in [7, 11) is 0. The van der Waals surface area contributed by atoms with Gasteiger partial charge in [0.05, 0.1) is 11.0 Å². The molecule has 332 valence electrons. The Hall–Kier alpha value is -5.89. The third-order valence-corrected chi connectivity index (χ3v) is 15.7. The first-order valence-corrected chi connectivity index (χ1v) is 23.4. The van der Waals surface area contributed by atoms with Gasteiger partial charge in [0.2, 0.25) is 5.24 Å². The molecule has 6 aromatic rings. The molecule has 4 aliphatic rings. The second-order valence-corrected chi connectivity index (χ2v) is 19.5. The summed E-state index contributed by atoms with van der Waals surface area (Å²) in [5.74, 6) is 9.55. The predicted octanol–water partition coefficient (Wildman–Crippen LogP) is 12.9. The first-order valence-electron chi connectivity index (χ1n) is 23.0. The van der Waals surface area contributed by atoms with Gasteiger partial charge in [-0.3, -0.25) is 19.6 Å². The second-order valence-electron chi connectivity index (χ2n) is 19.1. The van der Waals surface area contributed by atoms with Crippen molar-refractivity contribution in [2.75, 3.05) is 5.73 Å². The fraction of sp³-hybridized carbons (Fsp3) is 0.368. The molecule has 10 rings (SSSR count). The molecule has 0 radical (unpaired) electrons. The molecule has 2 N–H and O–H groups in total. The van der Waals surface area contributed by atoms with Crippen molar-refractivity contribution in [3.05, 3.63) is 149 Å². The Morgan fingerprint density at radius 2 is 1.05 bits per heavy atom. The maximum atomic E-state index is 13.9. The van der Waals surface area contributed by atoms with E-state index in [4.69, 9.17) is 30.2 Å². The SMILES string of the molecule is C#Cc1ccc(CC(=O)C(C)C2C[C@H]3CC(c4ccnc5ccc(F)cc45)C[C@H]3C2)cc1.C#Cc1ccc(N)cc1.CC(C(=O)Cl)C1C[C@H]2CC(c3ccnc4ccc(F)cc34)C[C@H]2C1. The average Bonchev–Trinajstić information content (AvgIpc) is 4.10. The van der Waals surface area contributed by atoms with Crippen LogP contribution in [0.1, 0.15) is 105 Å². The Morgan fingerprint density at radius 3 is 1.46 bits per heavy atom. The highest BCUT2D eigenvalue weighted by Gasteiger charge is 2.46. The largest absolute Gasteiger partial charge is 0.399 e. The van der Waals surface area contributed by atoms with Crippen molar-refractivity contribution < 1.29 is 18.4 Å². The van der Waals surface area contributed by atoms with Crippen molar-refractivity contribution >= 4 is 50.1 Å². The number of benzene rings is 4. The molecule has 0 bridgehead atoms. The van der Waals surface area contributed by atoms with E-state index in [0.29, 0.717) is 59.5 Å². The second kappa shape index (κ2) is 20.1. The van der Waals surface area contributed by atoms with E-state index in [2.05, 4.69) is 40.9 Å². The lowest BCUT2D eigenvalue weighted by molar-refractivity contribution is -0.123. The summed E-state index contributed by atoms with van der Waals surface area (Å²) < 4.78 is 27.6. The van der Waals surface area contributed by atoms with Gasteiger partial charge in [-0.05, 0) is 212 Å². The first kappa shape index (κ1) is 45.7. The molecule has 0 amide bonds. The van der Waals surface area contributed by atoms with Crippen LogP contribution in [0.5, 0.6) is 0 Å². The van der Waals surface area contributed by atoms with E-state index >= 15 is 0 Å². The number of hydrogen-bond acceptors (Lipinski definition) is 5. The summed E-state index contributed by atoms with van der Waals surface area (Å²) in [6, 6.07) is 28.8. The molecule has 4 fully saturated rings. The Kier molecular flexibility index (Phi) is 14.1. The van der Waals surface area contributed by atoms with Crippen molar-refractivity contribution in [1.82, 2.24) is 9.97 Å². The summed E-state index contributed by atoms with van der Waals surface area (Å²) in [5.41, 5.74) is 13.1. The summed E-state index contributed by atoms with van der Waals surface area (Å²) in [5, 5.41) is 1.70. The Labute approximate surface area is 387 Å². The number of carbonyl (C=O) groups excluding carboxylic acids is 2. The van der Waals surface area contributed by atoms with Gasteiger partial charge in [0.25, 0.3) is 0 Å². The van der Waals surface area contributed by atoms with Crippen molar-refractivity contribution in [2.24, 2.45) is 47.3 Å². The van der Waals surface area contributed by atoms with E-state index in [0.717, 1.165) is 95.6 Å². The van der Waals surface area contributed by atoms with E-state index < -0.39 is 0 Å². The van der Waals surface area contributed by atoms with E-state index in [1.165, 1.54) is 23.3 Å². The number of Topliss-reactive ketones (excluding diaryl/α,β-unsaturated/α-hetero) is 1. The van der Waals surface area contributed by atoms with Crippen LogP contribution >= 0.6 is 11.6 Å². The molecule has 8 heteroatoms. The maximum absolute atomic E-state index is 13.9. The fourth-order valence-corrected chi connectivity index (χ4v) is 11.9. The minimum absolute atomic E-state index is 0.0356. The van der Waals surface area contributed by atoms with Crippen LogP contribution in [0.4, 0.5) is 14.5 Å². The lowest BCUT2D eigenvalue weighted by atomic mass is 9.83. The number of nitrogen functional groups attached to an aromatic ring is 1. The van der Waals surface area contributed by atoms with Gasteiger partial charge >= 0.3 is 0 Å². The minimum Gasteiger partial charge on any atom is -0.399 e. The third-order valence-electron chi connectivity index (χ3n) is 15.3. The molecule has 0 spiro atoms. The smallest absolute Gasteiger partial charge is 0.224 e. The number of nitrogens with zero attached hydrogens (tertiary/aromatic N) is 2. The average molecular weight is 889 g/mol. The number of rotatable bonds is 8. The highest BCUT2D eigenvalue weighted by molar-refractivity contribution is 6.63. The number of fused-ring (bicyclic) bond motifs is 4. The fourth-order valence-electron chi connectivity index (χ4n) is 11.8. The molecule has 4 aromatic carbocycles. The van der Waals surface area contributed by atoms with Crippen molar-refractivity contribution in [2.45, 2.75) is 83.5 Å². The summed E-state index contributed by atoms with van der Waals surface area (Å²) >= 11 is 5.69. The van der Waals surface area contributed by atoms with E-state index in [-0.39, 0.29) is 28.7 Å². The number of terminal acetylenes is 2. The zero-order valence-electron chi connectivity index (χ0n) is 37.1. The topological polar surface area (TPSA) is 85.9 Å². The Morgan fingerprint density at radius 1 is 0.631 bits per heavy atom. The zero-order valence-corrected chi connectivity index (χ0v) is 37.9. The van der Waals surface area contributed by atoms with Gasteiger partial charge in [0.1, 0.15) is 17.4 Å². The molecule has 65 heavy (non-hydrogen) atoms. The van der Waals surface area contributed by atoms with Crippen LogP contribution in [-0.2, 0) is 16.0 Å². The third kappa shape index (κ3) is 10.5. The van der Waals surface area contributed by atoms with Crippen LogP contribution in [0.25, 0.3) is 21.8 Å². The minimum atomic E-state index is -0.204. The Bertz CT molecular complexity index is 2730. The zero-order chi connectivity index (χ0) is 45.8. The molecule has 4 saturated carbocycles. The molecule has 6 unspecified atom stereocenters. The van der Waals surface area contributed by atoms with Crippen LogP contribution in [0.2, 0.25) is 0 Å². The normalized spacial score (nSPS) is 24.9. The molecular weight excluding hydrogens is 832 g/mol. The number of hydrogen-bond donors (Lipinski definition) is 1. The molecule has 0 aliphatic heterocycles. The van der Waals surface area contributed by atoms with Gasteiger partial charge in [0, 0.05) is 58.2 Å². The van der Waals surface area contributed by atoms with Gasteiger partial charge < -0.3 is 5.73 Å². The summed E-state index contributed by atoms with van der Waals surface area (Å²) in [4.78, 5) is 33.2. The van der Waals surface area contributed by atoms with Gasteiger partial charge in [-0.1, -0.05) is 37.8 Å². The van der Waals surface area contributed by atoms with Crippen LogP contribution in [0.3, 0.4) is 0 Å². The van der Waals surface area contributed by atoms with Crippen LogP contribution in [-0.4, -0.2) is 21.0 Å². The number of ketones is 1. The number of aromatic nitrogens is 2. The lowest BCUT2D eigenvalue weighted by Crippen LogP contribution is -2.21. The number of pyridine rings is 2. The summed E-state index contributed by atoms with van der Waals surface area (Å²) in [6.07, 6.45) is 23.6. The van der Waals surface area contributed by atoms with E-state index in [1.807, 2.05) is 55.7 Å². The highest BCUT2D eigenvalue weighted by atomic mass is 35.5.